The molecule has 0 radical (unpaired) electrons. The maximum absolute atomic E-state index is 12.3. The number of benzene rings is 1. The molecule has 3 aromatic rings. The van der Waals surface area contributed by atoms with E-state index < -0.39 is 6.04 Å². The Morgan fingerprint density at radius 3 is 2.83 bits per heavy atom. The summed E-state index contributed by atoms with van der Waals surface area (Å²) in [4.78, 5) is 29.0. The van der Waals surface area contributed by atoms with E-state index in [0.717, 1.165) is 10.8 Å². The first-order valence-corrected chi connectivity index (χ1v) is 8.01. The smallest absolute Gasteiger partial charge is 0.261 e. The van der Waals surface area contributed by atoms with Crippen LogP contribution in [0.15, 0.2) is 54.2 Å². The number of fused-ring (bicyclic) bond motifs is 1. The van der Waals surface area contributed by atoms with Crippen LogP contribution in [-0.4, -0.2) is 22.8 Å². The van der Waals surface area contributed by atoms with Crippen LogP contribution in [0.25, 0.3) is 10.8 Å². The van der Waals surface area contributed by atoms with Gasteiger partial charge in [0.15, 0.2) is 0 Å². The fraction of sp³-hybridized carbons (Fsp3) is 0.118. The summed E-state index contributed by atoms with van der Waals surface area (Å²) in [5.74, 6) is -0.510. The molecule has 2 heterocycles. The van der Waals surface area contributed by atoms with E-state index in [9.17, 15) is 9.59 Å². The van der Waals surface area contributed by atoms with Gasteiger partial charge in [0.05, 0.1) is 4.88 Å². The van der Waals surface area contributed by atoms with Gasteiger partial charge in [-0.05, 0) is 30.5 Å². The van der Waals surface area contributed by atoms with Crippen LogP contribution in [0, 0.1) is 0 Å². The van der Waals surface area contributed by atoms with E-state index in [1.165, 1.54) is 11.3 Å². The largest absolute Gasteiger partial charge is 0.340 e. The van der Waals surface area contributed by atoms with Crippen LogP contribution in [0.2, 0.25) is 0 Å². The zero-order chi connectivity index (χ0) is 16.2. The summed E-state index contributed by atoms with van der Waals surface area (Å²) in [6.45, 7) is 1.66. The molecule has 1 aromatic carbocycles. The van der Waals surface area contributed by atoms with Gasteiger partial charge in [-0.25, -0.2) is 0 Å². The Morgan fingerprint density at radius 2 is 2.04 bits per heavy atom. The van der Waals surface area contributed by atoms with Crippen molar-refractivity contribution in [2.75, 3.05) is 5.32 Å². The van der Waals surface area contributed by atoms with E-state index in [1.54, 1.807) is 31.5 Å². The predicted octanol–water partition coefficient (Wildman–Crippen LogP) is 3.05. The first-order chi connectivity index (χ1) is 11.1. The Balaban J connectivity index is 1.72. The van der Waals surface area contributed by atoms with Gasteiger partial charge < -0.3 is 10.6 Å². The average molecular weight is 325 g/mol. The molecule has 5 nitrogen and oxygen atoms in total. The van der Waals surface area contributed by atoms with Crippen molar-refractivity contribution >= 4 is 39.6 Å². The third-order valence-corrected chi connectivity index (χ3v) is 4.29. The molecule has 1 atom stereocenters. The normalized spacial score (nSPS) is 11.9. The first-order valence-electron chi connectivity index (χ1n) is 7.13. The van der Waals surface area contributed by atoms with Gasteiger partial charge in [-0.15, -0.1) is 11.3 Å². The minimum atomic E-state index is -0.637. The average Bonchev–Trinajstić information content (AvgIpc) is 3.09. The molecule has 116 valence electrons. The summed E-state index contributed by atoms with van der Waals surface area (Å²) in [5.41, 5.74) is 0.701. The highest BCUT2D eigenvalue weighted by molar-refractivity contribution is 7.12. The summed E-state index contributed by atoms with van der Waals surface area (Å²) in [5, 5.41) is 9.23. The summed E-state index contributed by atoms with van der Waals surface area (Å²) in [6.07, 6.45) is 3.42. The number of carbonyl (C=O) groups excluding carboxylic acids is 2. The molecule has 6 heteroatoms. The zero-order valence-corrected chi connectivity index (χ0v) is 13.3. The number of carbonyl (C=O) groups is 2. The molecule has 0 bridgehead atoms. The Hall–Kier alpha value is -2.73. The lowest BCUT2D eigenvalue weighted by atomic mass is 10.1. The quantitative estimate of drug-likeness (QED) is 0.774. The number of aromatic nitrogens is 1. The molecule has 0 fully saturated rings. The van der Waals surface area contributed by atoms with Crippen molar-refractivity contribution in [1.29, 1.82) is 0 Å². The monoisotopic (exact) mass is 325 g/mol. The fourth-order valence-electron chi connectivity index (χ4n) is 2.21. The lowest BCUT2D eigenvalue weighted by molar-refractivity contribution is -0.117. The molecule has 0 saturated carbocycles. The molecule has 23 heavy (non-hydrogen) atoms. The number of nitrogens with one attached hydrogen (secondary N) is 2. The molecule has 0 aliphatic carbocycles. The SMILES string of the molecule is CC(NC(=O)c1cccs1)C(=O)Nc1cccc2cnccc12. The first kappa shape index (κ1) is 15.2. The van der Waals surface area contributed by atoms with Crippen molar-refractivity contribution in [3.05, 3.63) is 59.0 Å². The molecule has 0 spiro atoms. The molecule has 3 rings (SSSR count). The van der Waals surface area contributed by atoms with Crippen molar-refractivity contribution in [2.45, 2.75) is 13.0 Å². The molecular weight excluding hydrogens is 310 g/mol. The maximum atomic E-state index is 12.3. The molecule has 2 N–H and O–H groups in total. The van der Waals surface area contributed by atoms with Crippen LogP contribution in [0.1, 0.15) is 16.6 Å². The van der Waals surface area contributed by atoms with Crippen LogP contribution in [0.3, 0.4) is 0 Å². The number of rotatable bonds is 4. The van der Waals surface area contributed by atoms with E-state index >= 15 is 0 Å². The Labute approximate surface area is 137 Å². The highest BCUT2D eigenvalue weighted by atomic mass is 32.1. The van der Waals surface area contributed by atoms with Crippen molar-refractivity contribution in [2.24, 2.45) is 0 Å². The van der Waals surface area contributed by atoms with Crippen LogP contribution in [0.5, 0.6) is 0 Å². The topological polar surface area (TPSA) is 71.1 Å². The minimum Gasteiger partial charge on any atom is -0.340 e. The molecule has 2 amide bonds. The standard InChI is InChI=1S/C17H15N3O2S/c1-11(19-17(22)15-6-3-9-23-15)16(21)20-14-5-2-4-12-10-18-8-7-13(12)14/h2-11H,1H3,(H,19,22)(H,20,21). The number of hydrogen-bond donors (Lipinski definition) is 2. The highest BCUT2D eigenvalue weighted by Crippen LogP contribution is 2.22. The van der Waals surface area contributed by atoms with E-state index in [1.807, 2.05) is 29.6 Å². The molecule has 2 aromatic heterocycles. The summed E-state index contributed by atoms with van der Waals surface area (Å²) < 4.78 is 0. The van der Waals surface area contributed by atoms with Crippen molar-refractivity contribution < 1.29 is 9.59 Å². The second-order valence-electron chi connectivity index (χ2n) is 5.06. The molecule has 0 aliphatic rings. The van der Waals surface area contributed by atoms with Crippen LogP contribution in [-0.2, 0) is 4.79 Å². The molecular formula is C17H15N3O2S. The van der Waals surface area contributed by atoms with E-state index in [0.29, 0.717) is 10.6 Å². The van der Waals surface area contributed by atoms with E-state index in [4.69, 9.17) is 0 Å². The van der Waals surface area contributed by atoms with Gasteiger partial charge in [0.1, 0.15) is 6.04 Å². The van der Waals surface area contributed by atoms with Crippen LogP contribution < -0.4 is 10.6 Å². The fourth-order valence-corrected chi connectivity index (χ4v) is 2.84. The number of amides is 2. The lowest BCUT2D eigenvalue weighted by Gasteiger charge is -2.14. The van der Waals surface area contributed by atoms with Crippen molar-refractivity contribution in [3.8, 4) is 0 Å². The Kier molecular flexibility index (Phi) is 4.34. The maximum Gasteiger partial charge on any atom is 0.261 e. The minimum absolute atomic E-state index is 0.246. The number of thiophene rings is 1. The van der Waals surface area contributed by atoms with Gasteiger partial charge in [0, 0.05) is 28.9 Å². The Morgan fingerprint density at radius 1 is 1.17 bits per heavy atom. The van der Waals surface area contributed by atoms with Crippen LogP contribution >= 0.6 is 11.3 Å². The molecule has 0 aliphatic heterocycles. The number of pyridine rings is 1. The van der Waals surface area contributed by atoms with Gasteiger partial charge in [-0.2, -0.15) is 0 Å². The van der Waals surface area contributed by atoms with Gasteiger partial charge in [-0.1, -0.05) is 18.2 Å². The van der Waals surface area contributed by atoms with Gasteiger partial charge in [-0.3, -0.25) is 14.6 Å². The third-order valence-electron chi connectivity index (χ3n) is 3.42. The number of hydrogen-bond acceptors (Lipinski definition) is 4. The van der Waals surface area contributed by atoms with E-state index in [2.05, 4.69) is 15.6 Å². The van der Waals surface area contributed by atoms with Crippen LogP contribution in [0.4, 0.5) is 5.69 Å². The van der Waals surface area contributed by atoms with Crippen molar-refractivity contribution in [3.63, 3.8) is 0 Å². The highest BCUT2D eigenvalue weighted by Gasteiger charge is 2.17. The predicted molar refractivity (Wildman–Crippen MR) is 91.6 cm³/mol. The third kappa shape index (κ3) is 3.37. The second kappa shape index (κ2) is 6.58. The number of nitrogens with zero attached hydrogens (tertiary/aromatic N) is 1. The van der Waals surface area contributed by atoms with Gasteiger partial charge >= 0.3 is 0 Å². The Bertz CT molecular complexity index is 841. The second-order valence-corrected chi connectivity index (χ2v) is 6.01. The van der Waals surface area contributed by atoms with E-state index in [-0.39, 0.29) is 11.8 Å². The van der Waals surface area contributed by atoms with Gasteiger partial charge in [0.2, 0.25) is 5.91 Å². The number of anilines is 1. The summed E-state index contributed by atoms with van der Waals surface area (Å²) in [6, 6.07) is 10.3. The van der Waals surface area contributed by atoms with Crippen molar-refractivity contribution in [1.82, 2.24) is 10.3 Å². The zero-order valence-electron chi connectivity index (χ0n) is 12.4. The molecule has 1 unspecified atom stereocenters. The summed E-state index contributed by atoms with van der Waals surface area (Å²) in [7, 11) is 0. The lowest BCUT2D eigenvalue weighted by Crippen LogP contribution is -2.41. The molecule has 0 saturated heterocycles. The summed E-state index contributed by atoms with van der Waals surface area (Å²) >= 11 is 1.34. The van der Waals surface area contributed by atoms with Gasteiger partial charge in [0.25, 0.3) is 5.91 Å².